The minimum atomic E-state index is -0.667. The third kappa shape index (κ3) is 27.3. The van der Waals surface area contributed by atoms with Crippen LogP contribution in [-0.2, 0) is 9.53 Å². The van der Waals surface area contributed by atoms with Crippen molar-refractivity contribution in [3.8, 4) is 0 Å². The predicted octanol–water partition coefficient (Wildman–Crippen LogP) is 5.71. The number of aliphatic hydroxyl groups is 3. The van der Waals surface area contributed by atoms with Crippen LogP contribution < -0.4 is 0 Å². The molecule has 0 aromatic rings. The Kier molecular flexibility index (Phi) is 27.8. The van der Waals surface area contributed by atoms with Crippen LogP contribution in [0.2, 0.25) is 0 Å². The summed E-state index contributed by atoms with van der Waals surface area (Å²) in [5.41, 5.74) is -0.667. The molecule has 1 fully saturated rings. The van der Waals surface area contributed by atoms with Crippen molar-refractivity contribution < 1.29 is 30.0 Å². The van der Waals surface area contributed by atoms with Gasteiger partial charge in [0.1, 0.15) is 0 Å². The van der Waals surface area contributed by atoms with Crippen molar-refractivity contribution in [2.45, 2.75) is 123 Å². The maximum absolute atomic E-state index is 10.3. The van der Waals surface area contributed by atoms with Crippen molar-refractivity contribution in [2.75, 3.05) is 33.0 Å². The van der Waals surface area contributed by atoms with Gasteiger partial charge in [-0.15, -0.1) is 0 Å². The van der Waals surface area contributed by atoms with Crippen LogP contribution in [0.1, 0.15) is 123 Å². The molecule has 1 saturated heterocycles. The van der Waals surface area contributed by atoms with Gasteiger partial charge in [0.15, 0.2) is 0 Å². The van der Waals surface area contributed by atoms with E-state index in [4.69, 9.17) is 20.4 Å². The second kappa shape index (κ2) is 26.6. The van der Waals surface area contributed by atoms with Crippen LogP contribution in [0.5, 0.6) is 0 Å². The largest absolute Gasteiger partial charge is 0.481 e. The van der Waals surface area contributed by atoms with Crippen LogP contribution >= 0.6 is 0 Å². The first-order valence-corrected chi connectivity index (χ1v) is 13.1. The number of hydrogen-bond acceptors (Lipinski definition) is 5. The number of ether oxygens (including phenoxy) is 1. The number of aliphatic carboxylic acids is 1. The van der Waals surface area contributed by atoms with Gasteiger partial charge in [0.2, 0.25) is 0 Å². The highest BCUT2D eigenvalue weighted by Gasteiger charge is 2.24. The first-order valence-electron chi connectivity index (χ1n) is 13.1. The third-order valence-electron chi connectivity index (χ3n) is 5.95. The molecule has 6 heteroatoms. The van der Waals surface area contributed by atoms with Crippen molar-refractivity contribution >= 4 is 5.97 Å². The molecule has 0 aliphatic carbocycles. The fraction of sp³-hybridized carbons (Fsp3) is 0.962. The number of carboxylic acids is 1. The van der Waals surface area contributed by atoms with Gasteiger partial charge in [-0.05, 0) is 12.8 Å². The standard InChI is InChI=1S/C18H36O2.C6H14O3.C2H4O/c1-2-3-4-5-6-7-8-9-10-11-12-13-14-15-16-17-18(19)20;1-2-6(3-7,4-8)5-9;1-2-3-1/h2-17H2,1H3,(H,19,20);7-9H,2-5H2,1H3;1-2H2. The molecular formula is C26H54O6. The summed E-state index contributed by atoms with van der Waals surface area (Å²) in [6, 6.07) is 0. The zero-order chi connectivity index (χ0) is 24.3. The summed E-state index contributed by atoms with van der Waals surface area (Å²) in [5.74, 6) is -0.653. The van der Waals surface area contributed by atoms with E-state index in [1.807, 2.05) is 6.92 Å². The van der Waals surface area contributed by atoms with Crippen LogP contribution in [-0.4, -0.2) is 59.4 Å². The maximum atomic E-state index is 10.3. The molecule has 0 saturated carbocycles. The fourth-order valence-corrected chi connectivity index (χ4v) is 3.13. The van der Waals surface area contributed by atoms with E-state index < -0.39 is 11.4 Å². The number of rotatable bonds is 20. The SMILES string of the molecule is C1CO1.CCC(CO)(CO)CO.CCCCCCCCCCCCCCCCCC(=O)O. The predicted molar refractivity (Wildman–Crippen MR) is 132 cm³/mol. The quantitative estimate of drug-likeness (QED) is 0.136. The minimum Gasteiger partial charge on any atom is -0.481 e. The number of carbonyl (C=O) groups is 1. The monoisotopic (exact) mass is 462 g/mol. The molecule has 0 unspecified atom stereocenters. The van der Waals surface area contributed by atoms with Gasteiger partial charge in [0.05, 0.1) is 33.0 Å². The van der Waals surface area contributed by atoms with Crippen molar-refractivity contribution in [3.63, 3.8) is 0 Å². The van der Waals surface area contributed by atoms with E-state index in [9.17, 15) is 4.79 Å². The van der Waals surface area contributed by atoms with E-state index in [0.29, 0.717) is 12.8 Å². The summed E-state index contributed by atoms with van der Waals surface area (Å²) >= 11 is 0. The fourth-order valence-electron chi connectivity index (χ4n) is 3.13. The normalized spacial score (nSPS) is 12.4. The van der Waals surface area contributed by atoms with E-state index in [0.717, 1.165) is 26.1 Å². The molecule has 6 nitrogen and oxygen atoms in total. The Balaban J connectivity index is 0. The Labute approximate surface area is 197 Å². The van der Waals surface area contributed by atoms with Crippen molar-refractivity contribution in [3.05, 3.63) is 0 Å². The van der Waals surface area contributed by atoms with Crippen molar-refractivity contribution in [1.29, 1.82) is 0 Å². The average molecular weight is 463 g/mol. The number of hydrogen-bond donors (Lipinski definition) is 4. The summed E-state index contributed by atoms with van der Waals surface area (Å²) < 4.78 is 4.50. The van der Waals surface area contributed by atoms with E-state index >= 15 is 0 Å². The van der Waals surface area contributed by atoms with Crippen LogP contribution in [0.15, 0.2) is 0 Å². The highest BCUT2D eigenvalue weighted by Crippen LogP contribution is 2.18. The zero-order valence-electron chi connectivity index (χ0n) is 21.2. The molecule has 1 rings (SSSR count). The third-order valence-corrected chi connectivity index (χ3v) is 5.95. The number of epoxide rings is 1. The molecule has 0 aromatic carbocycles. The number of aliphatic hydroxyl groups excluding tert-OH is 3. The topological polar surface area (TPSA) is 111 Å². The summed E-state index contributed by atoms with van der Waals surface area (Å²) in [6.07, 6.45) is 20.8. The first kappa shape index (κ1) is 33.5. The molecule has 1 heterocycles. The Morgan fingerprint density at radius 2 is 0.969 bits per heavy atom. The molecule has 32 heavy (non-hydrogen) atoms. The second-order valence-electron chi connectivity index (χ2n) is 9.03. The Hall–Kier alpha value is -0.690. The van der Waals surface area contributed by atoms with Gasteiger partial charge in [-0.1, -0.05) is 104 Å². The number of carboxylic acid groups (broad SMARTS) is 1. The summed E-state index contributed by atoms with van der Waals surface area (Å²) in [7, 11) is 0. The molecule has 194 valence electrons. The lowest BCUT2D eigenvalue weighted by molar-refractivity contribution is -0.137. The lowest BCUT2D eigenvalue weighted by Gasteiger charge is -2.24. The molecule has 0 spiro atoms. The average Bonchev–Trinajstić information content (AvgIpc) is 3.68. The van der Waals surface area contributed by atoms with Crippen LogP contribution in [0.4, 0.5) is 0 Å². The molecule has 4 N–H and O–H groups in total. The molecule has 1 aliphatic rings. The smallest absolute Gasteiger partial charge is 0.303 e. The van der Waals surface area contributed by atoms with Crippen LogP contribution in [0, 0.1) is 5.41 Å². The van der Waals surface area contributed by atoms with Crippen LogP contribution in [0.3, 0.4) is 0 Å². The highest BCUT2D eigenvalue weighted by atomic mass is 16.6. The van der Waals surface area contributed by atoms with Gasteiger partial charge in [0.25, 0.3) is 0 Å². The zero-order valence-corrected chi connectivity index (χ0v) is 21.2. The van der Waals surface area contributed by atoms with E-state index in [1.165, 1.54) is 83.5 Å². The molecule has 0 atom stereocenters. The lowest BCUT2D eigenvalue weighted by atomic mass is 9.88. The maximum Gasteiger partial charge on any atom is 0.303 e. The van der Waals surface area contributed by atoms with E-state index in [-0.39, 0.29) is 19.8 Å². The molecule has 0 radical (unpaired) electrons. The molecule has 0 aromatic heterocycles. The van der Waals surface area contributed by atoms with E-state index in [2.05, 4.69) is 11.7 Å². The lowest BCUT2D eigenvalue weighted by Crippen LogP contribution is -2.32. The second-order valence-corrected chi connectivity index (χ2v) is 9.03. The summed E-state index contributed by atoms with van der Waals surface area (Å²) in [5, 5.41) is 34.5. The number of unbranched alkanes of at least 4 members (excludes halogenated alkanes) is 14. The van der Waals surface area contributed by atoms with Crippen molar-refractivity contribution in [1.82, 2.24) is 0 Å². The van der Waals surface area contributed by atoms with Crippen LogP contribution in [0.25, 0.3) is 0 Å². The minimum absolute atomic E-state index is 0.156. The molecule has 0 bridgehead atoms. The van der Waals surface area contributed by atoms with Gasteiger partial charge in [-0.25, -0.2) is 0 Å². The van der Waals surface area contributed by atoms with E-state index in [1.54, 1.807) is 0 Å². The molecule has 1 aliphatic heterocycles. The first-order chi connectivity index (χ1) is 15.5. The Morgan fingerprint density at radius 1 is 0.656 bits per heavy atom. The van der Waals surface area contributed by atoms with Gasteiger partial charge < -0.3 is 25.2 Å². The summed E-state index contributed by atoms with van der Waals surface area (Å²) in [4.78, 5) is 10.3. The van der Waals surface area contributed by atoms with Crippen molar-refractivity contribution in [2.24, 2.45) is 5.41 Å². The van der Waals surface area contributed by atoms with Gasteiger partial charge >= 0.3 is 5.97 Å². The Bertz CT molecular complexity index is 349. The molecular weight excluding hydrogens is 408 g/mol. The molecule has 0 amide bonds. The van der Waals surface area contributed by atoms with Gasteiger partial charge in [0, 0.05) is 11.8 Å². The highest BCUT2D eigenvalue weighted by molar-refractivity contribution is 5.66. The Morgan fingerprint density at radius 3 is 1.16 bits per heavy atom. The van der Waals surface area contributed by atoms with Gasteiger partial charge in [-0.3, -0.25) is 4.79 Å². The van der Waals surface area contributed by atoms with Gasteiger partial charge in [-0.2, -0.15) is 0 Å². The summed E-state index contributed by atoms with van der Waals surface area (Å²) in [6.45, 7) is 5.62.